The highest BCUT2D eigenvalue weighted by atomic mass is 32.3. The van der Waals surface area contributed by atoms with Gasteiger partial charge in [0.05, 0.1) is 0 Å². The van der Waals surface area contributed by atoms with Crippen molar-refractivity contribution in [2.75, 3.05) is 0 Å². The maximum atomic E-state index is 11.4. The fourth-order valence-corrected chi connectivity index (χ4v) is 3.65. The number of alkyl halides is 6. The lowest BCUT2D eigenvalue weighted by Crippen LogP contribution is -2.30. The van der Waals surface area contributed by atoms with Gasteiger partial charge in [0.15, 0.2) is 32.4 Å². The monoisotopic (exact) mass is 478 g/mol. The molecule has 2 rings (SSSR count). The van der Waals surface area contributed by atoms with Crippen LogP contribution in [0.5, 0.6) is 0 Å². The minimum atomic E-state index is -6.72. The van der Waals surface area contributed by atoms with Gasteiger partial charge in [-0.1, -0.05) is 30.3 Å². The van der Waals surface area contributed by atoms with Gasteiger partial charge in [-0.15, -0.1) is 0 Å². The predicted octanol–water partition coefficient (Wildman–Crippen LogP) is 3.74. The van der Waals surface area contributed by atoms with Crippen molar-refractivity contribution in [3.8, 4) is 0 Å². The van der Waals surface area contributed by atoms with Gasteiger partial charge in [-0.25, -0.2) is 21.8 Å². The van der Waals surface area contributed by atoms with Crippen molar-refractivity contribution in [2.24, 2.45) is 0 Å². The molecule has 1 heterocycles. The molecule has 2 aromatic rings. The van der Waals surface area contributed by atoms with Gasteiger partial charge in [0.2, 0.25) is 0 Å². The van der Waals surface area contributed by atoms with Gasteiger partial charge in [0, 0.05) is 12.1 Å². The van der Waals surface area contributed by atoms with Crippen molar-refractivity contribution >= 4 is 20.0 Å². The summed E-state index contributed by atoms with van der Waals surface area (Å²) in [7, 11) is -13.4. The standard InChI is InChI=1S/C14H15N.C2F6NO4S2/c1-2-5-13(6-3-1)7-4-8-14-9-11-15-12-10-14;3-1(4,5)14(10,11)9-15(12,13)2(6,7)8/h1-3,5-6,9-12H,4,7-8H2;/q;-1/p+1. The van der Waals surface area contributed by atoms with Gasteiger partial charge in [-0.2, -0.15) is 26.3 Å². The van der Waals surface area contributed by atoms with Crippen LogP contribution in [0, 0.1) is 0 Å². The molecule has 0 bridgehead atoms. The molecule has 6 nitrogen and oxygen atoms in total. The molecule has 0 aliphatic heterocycles. The van der Waals surface area contributed by atoms with E-state index < -0.39 is 31.1 Å². The Balaban J connectivity index is 0.000000300. The van der Waals surface area contributed by atoms with Crippen molar-refractivity contribution in [1.82, 2.24) is 0 Å². The summed E-state index contributed by atoms with van der Waals surface area (Å²) >= 11 is 0. The second-order valence-corrected chi connectivity index (χ2v) is 9.09. The van der Waals surface area contributed by atoms with E-state index in [1.54, 1.807) is 0 Å². The summed E-state index contributed by atoms with van der Waals surface area (Å²) in [4.78, 5) is 3.04. The highest BCUT2D eigenvalue weighted by molar-refractivity contribution is 8.13. The summed E-state index contributed by atoms with van der Waals surface area (Å²) in [5, 5.41) is 0. The third-order valence-electron chi connectivity index (χ3n) is 3.34. The minimum absolute atomic E-state index is 0.778. The van der Waals surface area contributed by atoms with Crippen LogP contribution in [0.2, 0.25) is 0 Å². The van der Waals surface area contributed by atoms with Crippen LogP contribution >= 0.6 is 0 Å². The van der Waals surface area contributed by atoms with Crippen LogP contribution in [0.1, 0.15) is 17.5 Å². The van der Waals surface area contributed by atoms with E-state index in [-0.39, 0.29) is 0 Å². The fraction of sp³-hybridized carbons (Fsp3) is 0.312. The Morgan fingerprint density at radius 1 is 0.700 bits per heavy atom. The molecule has 0 saturated heterocycles. The normalized spacial score (nSPS) is 12.7. The van der Waals surface area contributed by atoms with E-state index >= 15 is 0 Å². The summed E-state index contributed by atoms with van der Waals surface area (Å²) in [5.74, 6) is 0. The minimum Gasteiger partial charge on any atom is -0.421 e. The summed E-state index contributed by atoms with van der Waals surface area (Å²) in [6, 6.07) is 14.9. The maximum absolute atomic E-state index is 11.4. The third-order valence-corrected chi connectivity index (χ3v) is 6.08. The topological polar surface area (TPSA) is 96.5 Å². The molecule has 30 heavy (non-hydrogen) atoms. The first-order valence-corrected chi connectivity index (χ1v) is 10.9. The van der Waals surface area contributed by atoms with Crippen LogP contribution in [0.3, 0.4) is 0 Å². The first-order chi connectivity index (χ1) is 13.7. The molecule has 1 aromatic heterocycles. The number of aromatic amines is 1. The second kappa shape index (κ2) is 10.2. The van der Waals surface area contributed by atoms with E-state index in [2.05, 4.69) is 47.4 Å². The molecule has 0 unspecified atom stereocenters. The molecule has 0 spiro atoms. The van der Waals surface area contributed by atoms with Crippen LogP contribution in [0.4, 0.5) is 26.3 Å². The Morgan fingerprint density at radius 3 is 1.50 bits per heavy atom. The molecule has 0 aliphatic carbocycles. The number of nitrogens with zero attached hydrogens (tertiary/aromatic N) is 1. The maximum Gasteiger partial charge on any atom is 0.480 e. The first-order valence-electron chi connectivity index (χ1n) is 8.01. The average molecular weight is 478 g/mol. The van der Waals surface area contributed by atoms with Crippen LogP contribution in [-0.4, -0.2) is 27.9 Å². The lowest BCUT2D eigenvalue weighted by Gasteiger charge is -2.22. The molecule has 14 heteroatoms. The third kappa shape index (κ3) is 8.28. The van der Waals surface area contributed by atoms with Gasteiger partial charge in [-0.3, -0.25) is 0 Å². The lowest BCUT2D eigenvalue weighted by molar-refractivity contribution is -0.378. The number of sulfonamides is 2. The van der Waals surface area contributed by atoms with E-state index in [1.807, 2.05) is 12.4 Å². The number of aromatic nitrogens is 1. The number of aryl methyl sites for hydroxylation is 2. The summed E-state index contributed by atoms with van der Waals surface area (Å²) in [6.07, 6.45) is 7.51. The molecule has 168 valence electrons. The van der Waals surface area contributed by atoms with Crippen molar-refractivity contribution in [3.05, 3.63) is 70.1 Å². The van der Waals surface area contributed by atoms with Crippen LogP contribution in [0.25, 0.3) is 4.13 Å². The SMILES string of the molecule is O=S(=O)([N-]S(=O)(=O)C(F)(F)F)C(F)(F)F.c1ccc(CCCc2cc[nH+]cc2)cc1. The van der Waals surface area contributed by atoms with Gasteiger partial charge < -0.3 is 4.13 Å². The zero-order valence-corrected chi connectivity index (χ0v) is 16.6. The molecule has 0 amide bonds. The fourth-order valence-electron chi connectivity index (χ4n) is 1.94. The van der Waals surface area contributed by atoms with Crippen LogP contribution in [0.15, 0.2) is 54.9 Å². The predicted molar refractivity (Wildman–Crippen MR) is 94.8 cm³/mol. The van der Waals surface area contributed by atoms with Crippen molar-refractivity contribution in [1.29, 1.82) is 0 Å². The van der Waals surface area contributed by atoms with E-state index in [4.69, 9.17) is 0 Å². The van der Waals surface area contributed by atoms with Gasteiger partial charge in [0.25, 0.3) is 0 Å². The Kier molecular flexibility index (Phi) is 8.80. The lowest BCUT2D eigenvalue weighted by atomic mass is 10.1. The molecule has 0 saturated carbocycles. The molecule has 0 radical (unpaired) electrons. The Hall–Kier alpha value is -2.19. The summed E-state index contributed by atoms with van der Waals surface area (Å²) in [5.41, 5.74) is -9.57. The van der Waals surface area contributed by atoms with Crippen molar-refractivity contribution < 1.29 is 48.2 Å². The second-order valence-electron chi connectivity index (χ2n) is 5.66. The Morgan fingerprint density at radius 2 is 1.10 bits per heavy atom. The number of rotatable bonds is 6. The molecule has 1 aromatic carbocycles. The Bertz CT molecular complexity index is 912. The largest absolute Gasteiger partial charge is 0.480 e. The number of nitrogens with one attached hydrogen (secondary N) is 1. The smallest absolute Gasteiger partial charge is 0.421 e. The highest BCUT2D eigenvalue weighted by Crippen LogP contribution is 2.36. The number of hydrogen-bond acceptors (Lipinski definition) is 4. The molecular weight excluding hydrogens is 462 g/mol. The van der Waals surface area contributed by atoms with Crippen molar-refractivity contribution in [3.63, 3.8) is 0 Å². The van der Waals surface area contributed by atoms with Crippen LogP contribution in [-0.2, 0) is 32.9 Å². The average Bonchev–Trinajstić information content (AvgIpc) is 2.61. The molecule has 0 atom stereocenters. The number of H-pyrrole nitrogens is 1. The van der Waals surface area contributed by atoms with Gasteiger partial charge >= 0.3 is 11.0 Å². The quantitative estimate of drug-likeness (QED) is 0.591. The molecule has 1 N–H and O–H groups in total. The summed E-state index contributed by atoms with van der Waals surface area (Å²) < 4.78 is 109. The highest BCUT2D eigenvalue weighted by Gasteiger charge is 2.46. The number of benzene rings is 1. The van der Waals surface area contributed by atoms with Crippen molar-refractivity contribution in [2.45, 2.75) is 30.3 Å². The molecule has 0 aliphatic rings. The zero-order chi connectivity index (χ0) is 23.1. The number of pyridine rings is 1. The van der Waals surface area contributed by atoms with E-state index in [9.17, 15) is 43.2 Å². The van der Waals surface area contributed by atoms with Gasteiger partial charge in [-0.05, 0) is 30.4 Å². The molecular formula is C16H16F6N2O4S2. The van der Waals surface area contributed by atoms with E-state index in [1.165, 1.54) is 24.0 Å². The van der Waals surface area contributed by atoms with Gasteiger partial charge in [0.1, 0.15) is 0 Å². The summed E-state index contributed by atoms with van der Waals surface area (Å²) in [6.45, 7) is 0. The molecule has 0 fully saturated rings. The number of hydrogen-bond donors (Lipinski definition) is 0. The van der Waals surface area contributed by atoms with Crippen LogP contribution < -0.4 is 4.98 Å². The first kappa shape index (κ1) is 25.8. The van der Waals surface area contributed by atoms with E-state index in [0.29, 0.717) is 0 Å². The Labute approximate surface area is 169 Å². The van der Waals surface area contributed by atoms with E-state index in [0.717, 1.165) is 10.5 Å². The number of halogens is 6. The zero-order valence-electron chi connectivity index (χ0n) is 15.0.